The molecule has 2 aromatic rings. The predicted octanol–water partition coefficient (Wildman–Crippen LogP) is 3.86. The first-order valence-electron chi connectivity index (χ1n) is 10.3. The number of methoxy groups -OCH3 is 2. The lowest BCUT2D eigenvalue weighted by Gasteiger charge is -2.22. The van der Waals surface area contributed by atoms with E-state index in [4.69, 9.17) is 18.9 Å². The second-order valence-electron chi connectivity index (χ2n) is 7.90. The van der Waals surface area contributed by atoms with Crippen LogP contribution in [-0.2, 0) is 19.5 Å². The first-order chi connectivity index (χ1) is 15.2. The Kier molecular flexibility index (Phi) is 7.63. The van der Waals surface area contributed by atoms with Gasteiger partial charge in [0.1, 0.15) is 23.4 Å². The minimum absolute atomic E-state index is 0.228. The third kappa shape index (κ3) is 6.61. The summed E-state index contributed by atoms with van der Waals surface area (Å²) >= 11 is 0. The average Bonchev–Trinajstić information content (AvgIpc) is 3.55. The van der Waals surface area contributed by atoms with Gasteiger partial charge in [0.2, 0.25) is 10.0 Å². The molecule has 1 aliphatic carbocycles. The molecular weight excluding hydrogens is 434 g/mol. The van der Waals surface area contributed by atoms with Gasteiger partial charge in [-0.05, 0) is 62.1 Å². The minimum atomic E-state index is -3.37. The molecule has 0 aliphatic heterocycles. The molecule has 1 fully saturated rings. The van der Waals surface area contributed by atoms with Gasteiger partial charge in [-0.3, -0.25) is 4.31 Å². The molecule has 0 spiro atoms. The number of esters is 1. The van der Waals surface area contributed by atoms with Gasteiger partial charge < -0.3 is 18.9 Å². The molecule has 0 N–H and O–H groups in total. The van der Waals surface area contributed by atoms with E-state index in [-0.39, 0.29) is 11.7 Å². The van der Waals surface area contributed by atoms with Crippen LogP contribution in [0.25, 0.3) is 0 Å². The van der Waals surface area contributed by atoms with Gasteiger partial charge in [0, 0.05) is 19.7 Å². The normalized spacial score (nSPS) is 14.5. The van der Waals surface area contributed by atoms with Crippen LogP contribution in [0.3, 0.4) is 0 Å². The van der Waals surface area contributed by atoms with Crippen LogP contribution >= 0.6 is 0 Å². The Morgan fingerprint density at radius 3 is 2.28 bits per heavy atom. The molecule has 3 rings (SSSR count). The molecule has 0 saturated heterocycles. The van der Waals surface area contributed by atoms with Crippen LogP contribution in [0.4, 0.5) is 5.69 Å². The molecule has 0 unspecified atom stereocenters. The van der Waals surface area contributed by atoms with Crippen molar-refractivity contribution in [2.75, 3.05) is 37.9 Å². The van der Waals surface area contributed by atoms with Crippen LogP contribution in [0, 0.1) is 5.92 Å². The Hall–Kier alpha value is -2.78. The number of rotatable bonds is 11. The molecule has 0 amide bonds. The number of anilines is 1. The smallest absolute Gasteiger partial charge is 0.338 e. The van der Waals surface area contributed by atoms with Crippen molar-refractivity contribution in [3.8, 4) is 17.2 Å². The molecule has 2 aromatic carbocycles. The molecule has 32 heavy (non-hydrogen) atoms. The SMILES string of the molecule is COC[C@H](C)Oc1cc(Oc2ccc(N(CC3CC3)S(C)(=O)=O)cc2)cc(C(=O)OC)c1. The lowest BCUT2D eigenvalue weighted by Crippen LogP contribution is -2.31. The molecule has 1 aliphatic rings. The fourth-order valence-electron chi connectivity index (χ4n) is 3.22. The van der Waals surface area contributed by atoms with Crippen molar-refractivity contribution >= 4 is 21.7 Å². The third-order valence-electron chi connectivity index (χ3n) is 4.92. The van der Waals surface area contributed by atoms with E-state index in [2.05, 4.69) is 0 Å². The highest BCUT2D eigenvalue weighted by atomic mass is 32.2. The minimum Gasteiger partial charge on any atom is -0.488 e. The quantitative estimate of drug-likeness (QED) is 0.467. The second-order valence-corrected chi connectivity index (χ2v) is 9.81. The lowest BCUT2D eigenvalue weighted by atomic mass is 10.2. The Morgan fingerprint density at radius 2 is 1.72 bits per heavy atom. The van der Waals surface area contributed by atoms with Crippen molar-refractivity contribution in [1.29, 1.82) is 0 Å². The number of nitrogens with zero attached hydrogens (tertiary/aromatic N) is 1. The highest BCUT2D eigenvalue weighted by Gasteiger charge is 2.28. The molecule has 8 nitrogen and oxygen atoms in total. The maximum Gasteiger partial charge on any atom is 0.338 e. The number of ether oxygens (including phenoxy) is 4. The zero-order valence-electron chi connectivity index (χ0n) is 18.7. The van der Waals surface area contributed by atoms with Gasteiger partial charge in [-0.25, -0.2) is 13.2 Å². The van der Waals surface area contributed by atoms with Crippen LogP contribution < -0.4 is 13.8 Å². The summed E-state index contributed by atoms with van der Waals surface area (Å²) < 4.78 is 47.5. The summed E-state index contributed by atoms with van der Waals surface area (Å²) in [6.45, 7) is 2.72. The van der Waals surface area contributed by atoms with E-state index in [0.29, 0.717) is 42.0 Å². The Morgan fingerprint density at radius 1 is 1.06 bits per heavy atom. The lowest BCUT2D eigenvalue weighted by molar-refractivity contribution is 0.0598. The van der Waals surface area contributed by atoms with Crippen LogP contribution in [0.1, 0.15) is 30.1 Å². The van der Waals surface area contributed by atoms with Gasteiger partial charge >= 0.3 is 5.97 Å². The number of hydrogen-bond acceptors (Lipinski definition) is 7. The van der Waals surface area contributed by atoms with E-state index in [1.165, 1.54) is 17.7 Å². The zero-order chi connectivity index (χ0) is 23.3. The molecule has 174 valence electrons. The van der Waals surface area contributed by atoms with Gasteiger partial charge in [0.05, 0.1) is 31.2 Å². The number of hydrogen-bond donors (Lipinski definition) is 0. The van der Waals surface area contributed by atoms with E-state index >= 15 is 0 Å². The van der Waals surface area contributed by atoms with Crippen LogP contribution in [0.2, 0.25) is 0 Å². The van der Waals surface area contributed by atoms with Crippen molar-refractivity contribution in [2.45, 2.75) is 25.9 Å². The molecule has 1 saturated carbocycles. The maximum atomic E-state index is 12.2. The second kappa shape index (κ2) is 10.2. The standard InChI is InChI=1S/C23H29NO7S/c1-16(15-28-2)30-21-11-18(23(25)29-3)12-22(13-21)31-20-9-7-19(8-10-20)24(32(4,26)27)14-17-5-6-17/h7-13,16-17H,5-6,14-15H2,1-4H3/t16-/m0/s1. The Bertz CT molecular complexity index is 1030. The zero-order valence-corrected chi connectivity index (χ0v) is 19.6. The number of benzene rings is 2. The predicted molar refractivity (Wildman–Crippen MR) is 121 cm³/mol. The van der Waals surface area contributed by atoms with Gasteiger partial charge in [0.25, 0.3) is 0 Å². The van der Waals surface area contributed by atoms with E-state index in [0.717, 1.165) is 12.8 Å². The Labute approximate surface area is 189 Å². The highest BCUT2D eigenvalue weighted by Crippen LogP contribution is 2.34. The Balaban J connectivity index is 1.81. The van der Waals surface area contributed by atoms with E-state index < -0.39 is 16.0 Å². The van der Waals surface area contributed by atoms with Crippen molar-refractivity contribution in [2.24, 2.45) is 5.92 Å². The summed E-state index contributed by atoms with van der Waals surface area (Å²) in [7, 11) is -0.485. The summed E-state index contributed by atoms with van der Waals surface area (Å²) in [5.41, 5.74) is 0.876. The van der Waals surface area contributed by atoms with Gasteiger partial charge in [-0.1, -0.05) is 0 Å². The van der Waals surface area contributed by atoms with E-state index in [1.54, 1.807) is 49.6 Å². The number of sulfonamides is 1. The van der Waals surface area contributed by atoms with Crippen molar-refractivity contribution < 1.29 is 32.2 Å². The van der Waals surface area contributed by atoms with Crippen molar-refractivity contribution in [1.82, 2.24) is 0 Å². The summed E-state index contributed by atoms with van der Waals surface area (Å²) in [6, 6.07) is 11.6. The van der Waals surface area contributed by atoms with E-state index in [1.807, 2.05) is 6.92 Å². The van der Waals surface area contributed by atoms with Gasteiger partial charge in [0.15, 0.2) is 0 Å². The fourth-order valence-corrected chi connectivity index (χ4v) is 4.21. The molecule has 0 aromatic heterocycles. The average molecular weight is 464 g/mol. The first kappa shape index (κ1) is 23.9. The molecular formula is C23H29NO7S. The monoisotopic (exact) mass is 463 g/mol. The molecule has 0 heterocycles. The molecule has 9 heteroatoms. The van der Waals surface area contributed by atoms with Crippen LogP contribution in [0.15, 0.2) is 42.5 Å². The van der Waals surface area contributed by atoms with Crippen molar-refractivity contribution in [3.63, 3.8) is 0 Å². The number of carbonyl (C=O) groups is 1. The maximum absolute atomic E-state index is 12.2. The largest absolute Gasteiger partial charge is 0.488 e. The number of carbonyl (C=O) groups excluding carboxylic acids is 1. The topological polar surface area (TPSA) is 91.4 Å². The van der Waals surface area contributed by atoms with Crippen molar-refractivity contribution in [3.05, 3.63) is 48.0 Å². The van der Waals surface area contributed by atoms with Crippen LogP contribution in [-0.4, -0.2) is 54.1 Å². The summed E-state index contributed by atoms with van der Waals surface area (Å²) in [5, 5.41) is 0. The van der Waals surface area contributed by atoms with Crippen LogP contribution in [0.5, 0.6) is 17.2 Å². The summed E-state index contributed by atoms with van der Waals surface area (Å²) in [6.07, 6.45) is 3.09. The van der Waals surface area contributed by atoms with Gasteiger partial charge in [-0.2, -0.15) is 0 Å². The fraction of sp³-hybridized carbons (Fsp3) is 0.435. The van der Waals surface area contributed by atoms with Gasteiger partial charge in [-0.15, -0.1) is 0 Å². The highest BCUT2D eigenvalue weighted by molar-refractivity contribution is 7.92. The first-order valence-corrected chi connectivity index (χ1v) is 12.2. The molecule has 0 bridgehead atoms. The summed E-state index contributed by atoms with van der Waals surface area (Å²) in [5.74, 6) is 1.22. The molecule has 1 atom stereocenters. The third-order valence-corrected chi connectivity index (χ3v) is 6.08. The van der Waals surface area contributed by atoms with E-state index in [9.17, 15) is 13.2 Å². The molecule has 0 radical (unpaired) electrons. The summed E-state index contributed by atoms with van der Waals surface area (Å²) in [4.78, 5) is 12.1.